The van der Waals surface area contributed by atoms with Gasteiger partial charge in [-0.25, -0.2) is 0 Å². The molecule has 0 saturated heterocycles. The van der Waals surface area contributed by atoms with Crippen molar-refractivity contribution in [2.75, 3.05) is 6.54 Å². The van der Waals surface area contributed by atoms with Gasteiger partial charge in [0.15, 0.2) is 0 Å². The smallest absolute Gasteiger partial charge is 0.0417 e. The van der Waals surface area contributed by atoms with E-state index in [4.69, 9.17) is 0 Å². The molecule has 1 rings (SSSR count). The van der Waals surface area contributed by atoms with Crippen LogP contribution in [0, 0.1) is 12.8 Å². The van der Waals surface area contributed by atoms with Crippen molar-refractivity contribution in [2.24, 2.45) is 5.92 Å². The molecule has 0 saturated carbocycles. The van der Waals surface area contributed by atoms with Gasteiger partial charge >= 0.3 is 0 Å². The van der Waals surface area contributed by atoms with Gasteiger partial charge in [-0.3, -0.25) is 4.98 Å². The number of halogens is 1. The van der Waals surface area contributed by atoms with E-state index < -0.39 is 0 Å². The summed E-state index contributed by atoms with van der Waals surface area (Å²) in [7, 11) is 0. The molecule has 0 spiro atoms. The SMILES string of the molecule is CCC(CC)CNCc1cccnc1C.Cl. The van der Waals surface area contributed by atoms with Crippen LogP contribution in [0.2, 0.25) is 0 Å². The minimum Gasteiger partial charge on any atom is -0.312 e. The minimum absolute atomic E-state index is 0. The number of pyridine rings is 1. The Morgan fingerprint density at radius 3 is 2.56 bits per heavy atom. The summed E-state index contributed by atoms with van der Waals surface area (Å²) >= 11 is 0. The Morgan fingerprint density at radius 1 is 1.31 bits per heavy atom. The van der Waals surface area contributed by atoms with E-state index in [1.165, 1.54) is 18.4 Å². The van der Waals surface area contributed by atoms with E-state index in [2.05, 4.69) is 37.1 Å². The molecule has 0 atom stereocenters. The highest BCUT2D eigenvalue weighted by Gasteiger charge is 2.03. The van der Waals surface area contributed by atoms with Crippen molar-refractivity contribution in [2.45, 2.75) is 40.2 Å². The second-order valence-electron chi connectivity index (χ2n) is 4.06. The quantitative estimate of drug-likeness (QED) is 0.828. The monoisotopic (exact) mass is 242 g/mol. The van der Waals surface area contributed by atoms with Crippen LogP contribution in [0.25, 0.3) is 0 Å². The van der Waals surface area contributed by atoms with E-state index in [9.17, 15) is 0 Å². The lowest BCUT2D eigenvalue weighted by Crippen LogP contribution is -2.22. The lowest BCUT2D eigenvalue weighted by molar-refractivity contribution is 0.449. The normalized spacial score (nSPS) is 10.2. The maximum atomic E-state index is 4.28. The molecule has 16 heavy (non-hydrogen) atoms. The van der Waals surface area contributed by atoms with Gasteiger partial charge in [0.2, 0.25) is 0 Å². The summed E-state index contributed by atoms with van der Waals surface area (Å²) in [4.78, 5) is 4.28. The van der Waals surface area contributed by atoms with Gasteiger partial charge in [0.25, 0.3) is 0 Å². The van der Waals surface area contributed by atoms with Crippen LogP contribution in [0.4, 0.5) is 0 Å². The first-order chi connectivity index (χ1) is 7.27. The first-order valence-electron chi connectivity index (χ1n) is 5.89. The Balaban J connectivity index is 0.00000225. The topological polar surface area (TPSA) is 24.9 Å². The van der Waals surface area contributed by atoms with Gasteiger partial charge in [0, 0.05) is 18.4 Å². The summed E-state index contributed by atoms with van der Waals surface area (Å²) in [6, 6.07) is 4.14. The van der Waals surface area contributed by atoms with E-state index in [1.54, 1.807) is 0 Å². The largest absolute Gasteiger partial charge is 0.312 e. The predicted molar refractivity (Wildman–Crippen MR) is 72.0 cm³/mol. The highest BCUT2D eigenvalue weighted by atomic mass is 35.5. The molecule has 1 aromatic rings. The van der Waals surface area contributed by atoms with Crippen molar-refractivity contribution in [3.05, 3.63) is 29.6 Å². The first kappa shape index (κ1) is 15.4. The van der Waals surface area contributed by atoms with E-state index in [-0.39, 0.29) is 12.4 Å². The molecule has 0 aliphatic rings. The third-order valence-corrected chi connectivity index (χ3v) is 3.02. The molecule has 1 N–H and O–H groups in total. The molecule has 0 amide bonds. The second kappa shape index (κ2) is 8.54. The van der Waals surface area contributed by atoms with Crippen molar-refractivity contribution in [1.82, 2.24) is 10.3 Å². The summed E-state index contributed by atoms with van der Waals surface area (Å²) in [6.45, 7) is 8.63. The molecule has 0 aromatic carbocycles. The van der Waals surface area contributed by atoms with Gasteiger partial charge in [0.05, 0.1) is 0 Å². The molecule has 0 aliphatic carbocycles. The van der Waals surface area contributed by atoms with E-state index in [0.717, 1.165) is 24.7 Å². The number of hydrogen-bond donors (Lipinski definition) is 1. The van der Waals surface area contributed by atoms with Crippen molar-refractivity contribution in [3.8, 4) is 0 Å². The highest BCUT2D eigenvalue weighted by molar-refractivity contribution is 5.85. The fourth-order valence-corrected chi connectivity index (χ4v) is 1.69. The summed E-state index contributed by atoms with van der Waals surface area (Å²) < 4.78 is 0. The zero-order valence-corrected chi connectivity index (χ0v) is 11.3. The van der Waals surface area contributed by atoms with Crippen molar-refractivity contribution in [1.29, 1.82) is 0 Å². The third kappa shape index (κ3) is 4.95. The number of aryl methyl sites for hydroxylation is 1. The highest BCUT2D eigenvalue weighted by Crippen LogP contribution is 2.07. The van der Waals surface area contributed by atoms with E-state index in [1.807, 2.05) is 12.3 Å². The zero-order valence-electron chi connectivity index (χ0n) is 10.5. The Bertz CT molecular complexity index is 285. The predicted octanol–water partition coefficient (Wildman–Crippen LogP) is 3.34. The molecule has 0 fully saturated rings. The van der Waals surface area contributed by atoms with Crippen molar-refractivity contribution >= 4 is 12.4 Å². The Labute approximate surface area is 105 Å². The Hall–Kier alpha value is -0.600. The number of nitrogens with one attached hydrogen (secondary N) is 1. The molecule has 0 radical (unpaired) electrons. The third-order valence-electron chi connectivity index (χ3n) is 3.02. The first-order valence-corrected chi connectivity index (χ1v) is 5.89. The van der Waals surface area contributed by atoms with Crippen LogP contribution >= 0.6 is 12.4 Å². The molecule has 1 heterocycles. The van der Waals surface area contributed by atoms with Gasteiger partial charge in [0.1, 0.15) is 0 Å². The van der Waals surface area contributed by atoms with Crippen LogP contribution in [-0.2, 0) is 6.54 Å². The molecule has 3 heteroatoms. The number of hydrogen-bond acceptors (Lipinski definition) is 2. The number of aromatic nitrogens is 1. The maximum absolute atomic E-state index is 4.28. The summed E-state index contributed by atoms with van der Waals surface area (Å²) in [6.07, 6.45) is 4.37. The van der Waals surface area contributed by atoms with Gasteiger partial charge < -0.3 is 5.32 Å². The van der Waals surface area contributed by atoms with Gasteiger partial charge in [-0.1, -0.05) is 32.8 Å². The van der Waals surface area contributed by atoms with Gasteiger partial charge in [-0.05, 0) is 31.0 Å². The zero-order chi connectivity index (χ0) is 11.1. The van der Waals surface area contributed by atoms with Crippen LogP contribution in [0.1, 0.15) is 37.9 Å². The van der Waals surface area contributed by atoms with Crippen LogP contribution in [-0.4, -0.2) is 11.5 Å². The maximum Gasteiger partial charge on any atom is 0.0417 e. The standard InChI is InChI=1S/C13H22N2.ClH/c1-4-12(5-2)9-14-10-13-7-6-8-15-11(13)3;/h6-8,12,14H,4-5,9-10H2,1-3H3;1H. The van der Waals surface area contributed by atoms with Crippen molar-refractivity contribution < 1.29 is 0 Å². The number of nitrogens with zero attached hydrogens (tertiary/aromatic N) is 1. The van der Waals surface area contributed by atoms with Crippen molar-refractivity contribution in [3.63, 3.8) is 0 Å². The lowest BCUT2D eigenvalue weighted by atomic mass is 10.0. The second-order valence-corrected chi connectivity index (χ2v) is 4.06. The minimum atomic E-state index is 0. The van der Waals surface area contributed by atoms with Gasteiger partial charge in [-0.15, -0.1) is 12.4 Å². The van der Waals surface area contributed by atoms with Crippen LogP contribution in [0.5, 0.6) is 0 Å². The summed E-state index contributed by atoms with van der Waals surface area (Å²) in [5.74, 6) is 0.807. The fraction of sp³-hybridized carbons (Fsp3) is 0.615. The summed E-state index contributed by atoms with van der Waals surface area (Å²) in [5, 5.41) is 3.50. The van der Waals surface area contributed by atoms with Crippen LogP contribution < -0.4 is 5.32 Å². The van der Waals surface area contributed by atoms with Gasteiger partial charge in [-0.2, -0.15) is 0 Å². The van der Waals surface area contributed by atoms with E-state index in [0.29, 0.717) is 0 Å². The van der Waals surface area contributed by atoms with E-state index >= 15 is 0 Å². The van der Waals surface area contributed by atoms with Crippen LogP contribution in [0.15, 0.2) is 18.3 Å². The van der Waals surface area contributed by atoms with Crippen LogP contribution in [0.3, 0.4) is 0 Å². The molecular weight excluding hydrogens is 220 g/mol. The Morgan fingerprint density at radius 2 is 2.00 bits per heavy atom. The number of rotatable bonds is 6. The average Bonchev–Trinajstić information content (AvgIpc) is 2.27. The lowest BCUT2D eigenvalue weighted by Gasteiger charge is -2.13. The molecule has 1 aromatic heterocycles. The molecular formula is C13H23ClN2. The molecule has 92 valence electrons. The average molecular weight is 243 g/mol. The fourth-order valence-electron chi connectivity index (χ4n) is 1.69. The summed E-state index contributed by atoms with van der Waals surface area (Å²) in [5.41, 5.74) is 2.44. The molecule has 0 aliphatic heterocycles. The molecule has 2 nitrogen and oxygen atoms in total. The molecule has 0 unspecified atom stereocenters. The Kier molecular flexibility index (Phi) is 8.22. The molecule has 0 bridgehead atoms.